The Labute approximate surface area is 103 Å². The molecule has 0 bridgehead atoms. The number of aliphatic hydroxyl groups is 1. The van der Waals surface area contributed by atoms with Crippen molar-refractivity contribution in [1.29, 1.82) is 0 Å². The SMILES string of the molecule is NCC(O)c1ccccc1OC1CCCCC1. The number of rotatable bonds is 4. The third kappa shape index (κ3) is 3.20. The average molecular weight is 235 g/mol. The number of hydrogen-bond acceptors (Lipinski definition) is 3. The Kier molecular flexibility index (Phi) is 4.40. The fraction of sp³-hybridized carbons (Fsp3) is 0.571. The van der Waals surface area contributed by atoms with Gasteiger partial charge in [-0.05, 0) is 31.7 Å². The van der Waals surface area contributed by atoms with E-state index in [1.54, 1.807) is 0 Å². The zero-order valence-corrected chi connectivity index (χ0v) is 10.1. The quantitative estimate of drug-likeness (QED) is 0.842. The number of benzene rings is 1. The minimum Gasteiger partial charge on any atom is -0.490 e. The molecule has 0 aromatic heterocycles. The Hall–Kier alpha value is -1.06. The van der Waals surface area contributed by atoms with Crippen molar-refractivity contribution < 1.29 is 9.84 Å². The molecule has 2 rings (SSSR count). The predicted octanol–water partition coefficient (Wildman–Crippen LogP) is 2.39. The predicted molar refractivity (Wildman–Crippen MR) is 68.0 cm³/mol. The van der Waals surface area contributed by atoms with Gasteiger partial charge in [0.25, 0.3) is 0 Å². The van der Waals surface area contributed by atoms with Crippen molar-refractivity contribution in [2.45, 2.75) is 44.3 Å². The molecule has 1 saturated carbocycles. The van der Waals surface area contributed by atoms with E-state index in [1.807, 2.05) is 24.3 Å². The maximum Gasteiger partial charge on any atom is 0.125 e. The fourth-order valence-electron chi connectivity index (χ4n) is 2.35. The summed E-state index contributed by atoms with van der Waals surface area (Å²) in [7, 11) is 0. The van der Waals surface area contributed by atoms with E-state index < -0.39 is 6.10 Å². The number of hydrogen-bond donors (Lipinski definition) is 2. The first-order valence-electron chi connectivity index (χ1n) is 6.45. The second kappa shape index (κ2) is 6.03. The Balaban J connectivity index is 2.08. The molecule has 1 aromatic carbocycles. The molecule has 0 aliphatic heterocycles. The molecule has 3 heteroatoms. The van der Waals surface area contributed by atoms with Gasteiger partial charge >= 0.3 is 0 Å². The summed E-state index contributed by atoms with van der Waals surface area (Å²) in [5, 5.41) is 9.83. The number of ether oxygens (including phenoxy) is 1. The van der Waals surface area contributed by atoms with Gasteiger partial charge in [-0.3, -0.25) is 0 Å². The summed E-state index contributed by atoms with van der Waals surface area (Å²) in [4.78, 5) is 0. The molecule has 0 radical (unpaired) electrons. The molecule has 1 unspecified atom stereocenters. The molecule has 1 aliphatic carbocycles. The summed E-state index contributed by atoms with van der Waals surface area (Å²) in [6.45, 7) is 0.227. The van der Waals surface area contributed by atoms with Crippen LogP contribution in [0.5, 0.6) is 5.75 Å². The monoisotopic (exact) mass is 235 g/mol. The molecule has 0 amide bonds. The van der Waals surface area contributed by atoms with Gasteiger partial charge in [0.1, 0.15) is 5.75 Å². The molecule has 1 aromatic rings. The molecular formula is C14H21NO2. The highest BCUT2D eigenvalue weighted by atomic mass is 16.5. The first-order chi connectivity index (χ1) is 8.31. The normalized spacial score (nSPS) is 18.9. The second-order valence-electron chi connectivity index (χ2n) is 4.67. The lowest BCUT2D eigenvalue weighted by atomic mass is 9.97. The first-order valence-corrected chi connectivity index (χ1v) is 6.45. The van der Waals surface area contributed by atoms with Gasteiger partial charge in [-0.1, -0.05) is 24.6 Å². The van der Waals surface area contributed by atoms with Crippen molar-refractivity contribution in [3.8, 4) is 5.75 Å². The van der Waals surface area contributed by atoms with Gasteiger partial charge in [-0.15, -0.1) is 0 Å². The molecule has 1 atom stereocenters. The lowest BCUT2D eigenvalue weighted by molar-refractivity contribution is 0.139. The molecule has 3 nitrogen and oxygen atoms in total. The Morgan fingerprint density at radius 3 is 2.65 bits per heavy atom. The summed E-state index contributed by atoms with van der Waals surface area (Å²) >= 11 is 0. The molecule has 1 fully saturated rings. The van der Waals surface area contributed by atoms with E-state index in [-0.39, 0.29) is 6.54 Å². The summed E-state index contributed by atoms with van der Waals surface area (Å²) < 4.78 is 5.99. The lowest BCUT2D eigenvalue weighted by Crippen LogP contribution is -2.21. The smallest absolute Gasteiger partial charge is 0.125 e. The Morgan fingerprint density at radius 1 is 1.24 bits per heavy atom. The van der Waals surface area contributed by atoms with Crippen LogP contribution >= 0.6 is 0 Å². The highest BCUT2D eigenvalue weighted by Gasteiger charge is 2.18. The summed E-state index contributed by atoms with van der Waals surface area (Å²) in [5.41, 5.74) is 6.31. The van der Waals surface area contributed by atoms with E-state index in [0.717, 1.165) is 24.2 Å². The van der Waals surface area contributed by atoms with Gasteiger partial charge in [0.2, 0.25) is 0 Å². The second-order valence-corrected chi connectivity index (χ2v) is 4.67. The molecule has 17 heavy (non-hydrogen) atoms. The average Bonchev–Trinajstić information content (AvgIpc) is 2.40. The maximum atomic E-state index is 9.83. The molecule has 94 valence electrons. The van der Waals surface area contributed by atoms with E-state index >= 15 is 0 Å². The number of para-hydroxylation sites is 1. The van der Waals surface area contributed by atoms with Crippen LogP contribution in [0.2, 0.25) is 0 Å². The molecule has 1 aliphatic rings. The van der Waals surface area contributed by atoms with E-state index in [4.69, 9.17) is 10.5 Å². The molecule has 3 N–H and O–H groups in total. The van der Waals surface area contributed by atoms with Crippen LogP contribution in [0.4, 0.5) is 0 Å². The van der Waals surface area contributed by atoms with Gasteiger partial charge in [0, 0.05) is 12.1 Å². The van der Waals surface area contributed by atoms with Crippen LogP contribution in [-0.4, -0.2) is 17.8 Å². The van der Waals surface area contributed by atoms with E-state index in [9.17, 15) is 5.11 Å². The third-order valence-corrected chi connectivity index (χ3v) is 3.35. The standard InChI is InChI=1S/C14H21NO2/c15-10-13(16)12-8-4-5-9-14(12)17-11-6-2-1-3-7-11/h4-5,8-9,11,13,16H,1-3,6-7,10,15H2. The number of aliphatic hydroxyl groups excluding tert-OH is 1. The van der Waals surface area contributed by atoms with E-state index in [0.29, 0.717) is 6.10 Å². The van der Waals surface area contributed by atoms with Crippen LogP contribution < -0.4 is 10.5 Å². The van der Waals surface area contributed by atoms with Crippen LogP contribution in [0.1, 0.15) is 43.8 Å². The minimum absolute atomic E-state index is 0.227. The van der Waals surface area contributed by atoms with Gasteiger partial charge in [-0.2, -0.15) is 0 Å². The van der Waals surface area contributed by atoms with Crippen molar-refractivity contribution in [3.63, 3.8) is 0 Å². The van der Waals surface area contributed by atoms with Crippen molar-refractivity contribution in [2.24, 2.45) is 5.73 Å². The Morgan fingerprint density at radius 2 is 1.94 bits per heavy atom. The topological polar surface area (TPSA) is 55.5 Å². The summed E-state index contributed by atoms with van der Waals surface area (Å²) in [6.07, 6.45) is 5.70. The molecular weight excluding hydrogens is 214 g/mol. The third-order valence-electron chi connectivity index (χ3n) is 3.35. The van der Waals surface area contributed by atoms with Crippen LogP contribution in [0, 0.1) is 0 Å². The van der Waals surface area contributed by atoms with Crippen LogP contribution in [-0.2, 0) is 0 Å². The summed E-state index contributed by atoms with van der Waals surface area (Å²) in [6, 6.07) is 7.64. The minimum atomic E-state index is -0.630. The van der Waals surface area contributed by atoms with Crippen molar-refractivity contribution in [3.05, 3.63) is 29.8 Å². The van der Waals surface area contributed by atoms with Gasteiger partial charge in [0.05, 0.1) is 12.2 Å². The molecule has 0 spiro atoms. The van der Waals surface area contributed by atoms with Crippen molar-refractivity contribution in [1.82, 2.24) is 0 Å². The fourth-order valence-corrected chi connectivity index (χ4v) is 2.35. The maximum absolute atomic E-state index is 9.83. The Bertz CT molecular complexity index is 348. The summed E-state index contributed by atoms with van der Waals surface area (Å²) in [5.74, 6) is 0.789. The first kappa shape index (κ1) is 12.4. The van der Waals surface area contributed by atoms with E-state index in [1.165, 1.54) is 19.3 Å². The highest BCUT2D eigenvalue weighted by Crippen LogP contribution is 2.29. The van der Waals surface area contributed by atoms with Gasteiger partial charge < -0.3 is 15.6 Å². The van der Waals surface area contributed by atoms with Gasteiger partial charge in [0.15, 0.2) is 0 Å². The lowest BCUT2D eigenvalue weighted by Gasteiger charge is -2.25. The number of nitrogens with two attached hydrogens (primary N) is 1. The van der Waals surface area contributed by atoms with Crippen molar-refractivity contribution >= 4 is 0 Å². The van der Waals surface area contributed by atoms with Crippen LogP contribution in [0.15, 0.2) is 24.3 Å². The van der Waals surface area contributed by atoms with Crippen LogP contribution in [0.3, 0.4) is 0 Å². The van der Waals surface area contributed by atoms with Crippen molar-refractivity contribution in [2.75, 3.05) is 6.54 Å². The zero-order valence-electron chi connectivity index (χ0n) is 10.1. The molecule has 0 heterocycles. The zero-order chi connectivity index (χ0) is 12.1. The highest BCUT2D eigenvalue weighted by molar-refractivity contribution is 5.35. The van der Waals surface area contributed by atoms with E-state index in [2.05, 4.69) is 0 Å². The largest absolute Gasteiger partial charge is 0.490 e. The van der Waals surface area contributed by atoms with Crippen LogP contribution in [0.25, 0.3) is 0 Å². The molecule has 0 saturated heterocycles. The van der Waals surface area contributed by atoms with Gasteiger partial charge in [-0.25, -0.2) is 0 Å².